The number of nitriles is 1. The highest BCUT2D eigenvalue weighted by molar-refractivity contribution is 7.14. The van der Waals surface area contributed by atoms with E-state index in [1.165, 1.54) is 11.3 Å². The molecule has 0 saturated heterocycles. The van der Waals surface area contributed by atoms with E-state index in [0.717, 1.165) is 16.8 Å². The van der Waals surface area contributed by atoms with Crippen LogP contribution in [0.15, 0.2) is 48.0 Å². The fourth-order valence-corrected chi connectivity index (χ4v) is 3.00. The number of rotatable bonds is 5. The highest BCUT2D eigenvalue weighted by Gasteiger charge is 2.12. The molecule has 0 aliphatic heterocycles. The standard InChI is InChI=1S/C18H14N4O2S/c1-24-16-6-5-12(10-13(16)7-8-19)15-11-25-18(21-15)22-17(23)14-4-2-3-9-20-14/h2-6,9-11H,7H2,1H3,(H,21,22,23). The van der Waals surface area contributed by atoms with Crippen LogP contribution in [0, 0.1) is 11.3 Å². The van der Waals surface area contributed by atoms with Crippen LogP contribution in [0.1, 0.15) is 16.1 Å². The third-order valence-electron chi connectivity index (χ3n) is 3.47. The number of carbonyl (C=O) groups excluding carboxylic acids is 1. The molecule has 3 rings (SSSR count). The molecule has 0 spiro atoms. The maximum absolute atomic E-state index is 12.1. The Hall–Kier alpha value is -3.24. The van der Waals surface area contributed by atoms with E-state index in [2.05, 4.69) is 21.4 Å². The van der Waals surface area contributed by atoms with Crippen LogP contribution in [-0.2, 0) is 6.42 Å². The van der Waals surface area contributed by atoms with Crippen LogP contribution in [0.25, 0.3) is 11.3 Å². The topological polar surface area (TPSA) is 87.9 Å². The van der Waals surface area contributed by atoms with Gasteiger partial charge in [-0.05, 0) is 30.3 Å². The molecule has 0 atom stereocenters. The van der Waals surface area contributed by atoms with E-state index in [4.69, 9.17) is 10.00 Å². The number of pyridine rings is 1. The van der Waals surface area contributed by atoms with Crippen LogP contribution < -0.4 is 10.1 Å². The summed E-state index contributed by atoms with van der Waals surface area (Å²) in [6.45, 7) is 0. The van der Waals surface area contributed by atoms with E-state index in [-0.39, 0.29) is 12.3 Å². The molecule has 6 nitrogen and oxygen atoms in total. The van der Waals surface area contributed by atoms with Gasteiger partial charge in [0.25, 0.3) is 5.91 Å². The van der Waals surface area contributed by atoms with Gasteiger partial charge in [-0.15, -0.1) is 11.3 Å². The van der Waals surface area contributed by atoms with Crippen molar-refractivity contribution < 1.29 is 9.53 Å². The van der Waals surface area contributed by atoms with Crippen molar-refractivity contribution in [2.24, 2.45) is 0 Å². The van der Waals surface area contributed by atoms with Gasteiger partial charge in [0.15, 0.2) is 5.13 Å². The van der Waals surface area contributed by atoms with Gasteiger partial charge in [0.1, 0.15) is 11.4 Å². The van der Waals surface area contributed by atoms with E-state index in [0.29, 0.717) is 16.6 Å². The summed E-state index contributed by atoms with van der Waals surface area (Å²) < 4.78 is 5.26. The lowest BCUT2D eigenvalue weighted by Gasteiger charge is -2.07. The van der Waals surface area contributed by atoms with Crippen LogP contribution in [0.5, 0.6) is 5.75 Å². The Morgan fingerprint density at radius 2 is 2.24 bits per heavy atom. The molecule has 25 heavy (non-hydrogen) atoms. The minimum absolute atomic E-state index is 0.254. The first-order valence-electron chi connectivity index (χ1n) is 7.43. The maximum Gasteiger partial charge on any atom is 0.276 e. The molecule has 2 heterocycles. The SMILES string of the molecule is COc1ccc(-c2csc(NC(=O)c3ccccn3)n2)cc1CC#N. The van der Waals surface area contributed by atoms with Gasteiger partial charge in [-0.1, -0.05) is 6.07 Å². The Kier molecular flexibility index (Phi) is 5.02. The van der Waals surface area contributed by atoms with Crippen LogP contribution in [0.2, 0.25) is 0 Å². The molecule has 0 aliphatic carbocycles. The van der Waals surface area contributed by atoms with Crippen molar-refractivity contribution in [1.29, 1.82) is 5.26 Å². The second kappa shape index (κ2) is 7.55. The zero-order valence-corrected chi connectivity index (χ0v) is 14.2. The van der Waals surface area contributed by atoms with Crippen LogP contribution >= 0.6 is 11.3 Å². The predicted octanol–water partition coefficient (Wildman–Crippen LogP) is 3.53. The largest absolute Gasteiger partial charge is 0.496 e. The smallest absolute Gasteiger partial charge is 0.276 e. The van der Waals surface area contributed by atoms with E-state index in [1.807, 2.05) is 23.6 Å². The molecule has 0 unspecified atom stereocenters. The maximum atomic E-state index is 12.1. The fraction of sp³-hybridized carbons (Fsp3) is 0.111. The second-order valence-electron chi connectivity index (χ2n) is 5.07. The van der Waals surface area contributed by atoms with Gasteiger partial charge in [0.2, 0.25) is 0 Å². The number of thiazole rings is 1. The minimum atomic E-state index is -0.304. The number of hydrogen-bond acceptors (Lipinski definition) is 6. The molecule has 7 heteroatoms. The number of ether oxygens (including phenoxy) is 1. The average molecular weight is 350 g/mol. The lowest BCUT2D eigenvalue weighted by Crippen LogP contribution is -2.13. The van der Waals surface area contributed by atoms with Crippen molar-refractivity contribution in [3.63, 3.8) is 0 Å². The molecule has 1 amide bonds. The van der Waals surface area contributed by atoms with Crippen molar-refractivity contribution in [2.45, 2.75) is 6.42 Å². The van der Waals surface area contributed by atoms with Gasteiger partial charge in [-0.25, -0.2) is 4.98 Å². The molecule has 1 aromatic carbocycles. The third-order valence-corrected chi connectivity index (χ3v) is 4.23. The number of benzene rings is 1. The Morgan fingerprint density at radius 1 is 1.36 bits per heavy atom. The monoisotopic (exact) mass is 350 g/mol. The van der Waals surface area contributed by atoms with Crippen molar-refractivity contribution in [3.8, 4) is 23.1 Å². The molecule has 2 aromatic heterocycles. The predicted molar refractivity (Wildman–Crippen MR) is 95.6 cm³/mol. The van der Waals surface area contributed by atoms with E-state index in [1.54, 1.807) is 31.5 Å². The van der Waals surface area contributed by atoms with E-state index >= 15 is 0 Å². The second-order valence-corrected chi connectivity index (χ2v) is 5.93. The zero-order valence-electron chi connectivity index (χ0n) is 13.4. The number of nitrogens with zero attached hydrogens (tertiary/aromatic N) is 3. The summed E-state index contributed by atoms with van der Waals surface area (Å²) >= 11 is 1.33. The number of aromatic nitrogens is 2. The van der Waals surface area contributed by atoms with Gasteiger partial charge in [-0.2, -0.15) is 5.26 Å². The molecule has 3 aromatic rings. The van der Waals surface area contributed by atoms with Crippen molar-refractivity contribution in [2.75, 3.05) is 12.4 Å². The summed E-state index contributed by atoms with van der Waals surface area (Å²) in [5, 5.41) is 14.0. The first kappa shape index (κ1) is 16.6. The van der Waals surface area contributed by atoms with Crippen LogP contribution in [-0.4, -0.2) is 23.0 Å². The number of amides is 1. The van der Waals surface area contributed by atoms with Crippen molar-refractivity contribution >= 4 is 22.4 Å². The normalized spacial score (nSPS) is 10.1. The highest BCUT2D eigenvalue weighted by atomic mass is 32.1. The summed E-state index contributed by atoms with van der Waals surface area (Å²) in [4.78, 5) is 20.6. The van der Waals surface area contributed by atoms with Crippen molar-refractivity contribution in [3.05, 3.63) is 59.2 Å². The first-order chi connectivity index (χ1) is 12.2. The molecule has 124 valence electrons. The number of nitrogens with one attached hydrogen (secondary N) is 1. The number of anilines is 1. The molecular formula is C18H14N4O2S. The fourth-order valence-electron chi connectivity index (χ4n) is 2.28. The van der Waals surface area contributed by atoms with Gasteiger partial charge < -0.3 is 4.74 Å². The number of methoxy groups -OCH3 is 1. The summed E-state index contributed by atoms with van der Waals surface area (Å²) in [7, 11) is 1.57. The number of carbonyl (C=O) groups is 1. The van der Waals surface area contributed by atoms with Crippen molar-refractivity contribution in [1.82, 2.24) is 9.97 Å². The quantitative estimate of drug-likeness (QED) is 0.760. The van der Waals surface area contributed by atoms with Crippen LogP contribution in [0.4, 0.5) is 5.13 Å². The van der Waals surface area contributed by atoms with Gasteiger partial charge in [0, 0.05) is 22.7 Å². The summed E-state index contributed by atoms with van der Waals surface area (Å²) in [5.41, 5.74) is 2.72. The first-order valence-corrected chi connectivity index (χ1v) is 8.31. The van der Waals surface area contributed by atoms with Gasteiger partial charge >= 0.3 is 0 Å². The Balaban J connectivity index is 1.81. The van der Waals surface area contributed by atoms with Crippen LogP contribution in [0.3, 0.4) is 0 Å². The Morgan fingerprint density at radius 3 is 2.96 bits per heavy atom. The minimum Gasteiger partial charge on any atom is -0.496 e. The summed E-state index contributed by atoms with van der Waals surface area (Å²) in [6, 6.07) is 12.8. The molecule has 0 radical (unpaired) electrons. The molecule has 1 N–H and O–H groups in total. The average Bonchev–Trinajstić information content (AvgIpc) is 3.11. The van der Waals surface area contributed by atoms with E-state index < -0.39 is 0 Å². The molecule has 0 fully saturated rings. The number of hydrogen-bond donors (Lipinski definition) is 1. The summed E-state index contributed by atoms with van der Waals surface area (Å²) in [5.74, 6) is 0.366. The molecule has 0 saturated carbocycles. The Bertz CT molecular complexity index is 932. The highest BCUT2D eigenvalue weighted by Crippen LogP contribution is 2.29. The summed E-state index contributed by atoms with van der Waals surface area (Å²) in [6.07, 6.45) is 1.82. The molecular weight excluding hydrogens is 336 g/mol. The third kappa shape index (κ3) is 3.82. The Labute approximate surface area is 148 Å². The lowest BCUT2D eigenvalue weighted by atomic mass is 10.1. The zero-order chi connectivity index (χ0) is 17.6. The van der Waals surface area contributed by atoms with Gasteiger partial charge in [-0.3, -0.25) is 15.1 Å². The van der Waals surface area contributed by atoms with Gasteiger partial charge in [0.05, 0.1) is 25.3 Å². The van der Waals surface area contributed by atoms with E-state index in [9.17, 15) is 4.79 Å². The molecule has 0 bridgehead atoms. The lowest BCUT2D eigenvalue weighted by molar-refractivity contribution is 0.102. The molecule has 0 aliphatic rings.